The van der Waals surface area contributed by atoms with Crippen molar-refractivity contribution in [3.05, 3.63) is 24.8 Å². The van der Waals surface area contributed by atoms with Crippen LogP contribution in [0.15, 0.2) is 24.8 Å². The van der Waals surface area contributed by atoms with Gasteiger partial charge >= 0.3 is 0 Å². The number of rotatable bonds is 4. The van der Waals surface area contributed by atoms with Crippen LogP contribution in [-0.4, -0.2) is 5.78 Å². The van der Waals surface area contributed by atoms with E-state index in [0.717, 1.165) is 32.1 Å². The van der Waals surface area contributed by atoms with Crippen LogP contribution in [0.1, 0.15) is 39.0 Å². The predicted molar refractivity (Wildman–Crippen MR) is 62.5 cm³/mol. The van der Waals surface area contributed by atoms with Crippen LogP contribution in [0.2, 0.25) is 0 Å². The lowest BCUT2D eigenvalue weighted by molar-refractivity contribution is -0.149. The summed E-state index contributed by atoms with van der Waals surface area (Å²) in [6.07, 6.45) is 11.8. The molecule has 1 nitrogen and oxygen atoms in total. The Hall–Kier alpha value is -0.850. The Labute approximate surface area is 92.3 Å². The molecule has 1 heteroatoms. The maximum Gasteiger partial charge on any atom is 0.147 e. The molecule has 82 valence electrons. The molecule has 2 aliphatic carbocycles. The van der Waals surface area contributed by atoms with E-state index < -0.39 is 0 Å². The van der Waals surface area contributed by atoms with E-state index in [1.165, 1.54) is 0 Å². The van der Waals surface area contributed by atoms with E-state index in [1.54, 1.807) is 0 Å². The fraction of sp³-hybridized carbons (Fsp3) is 0.643. The first-order valence-electron chi connectivity index (χ1n) is 6.11. The minimum Gasteiger partial charge on any atom is -0.298 e. The van der Waals surface area contributed by atoms with E-state index in [-0.39, 0.29) is 5.41 Å². The molecule has 1 saturated carbocycles. The van der Waals surface area contributed by atoms with Crippen molar-refractivity contribution in [2.45, 2.75) is 39.0 Å². The Kier molecular flexibility index (Phi) is 2.81. The molecule has 3 atom stereocenters. The fourth-order valence-corrected chi connectivity index (χ4v) is 3.17. The SMILES string of the molecule is C=C[C@@]1(CCCC)C(=O)[C@H]2CCC=C[C@H]21. The van der Waals surface area contributed by atoms with Crippen LogP contribution in [0.4, 0.5) is 0 Å². The molecule has 0 heterocycles. The number of ketones is 1. The van der Waals surface area contributed by atoms with Crippen molar-refractivity contribution < 1.29 is 4.79 Å². The van der Waals surface area contributed by atoms with Gasteiger partial charge in [0, 0.05) is 11.8 Å². The van der Waals surface area contributed by atoms with Crippen molar-refractivity contribution in [2.24, 2.45) is 17.3 Å². The summed E-state index contributed by atoms with van der Waals surface area (Å²) in [5.74, 6) is 1.23. The summed E-state index contributed by atoms with van der Waals surface area (Å²) in [6.45, 7) is 6.07. The summed E-state index contributed by atoms with van der Waals surface area (Å²) in [5.41, 5.74) is -0.197. The van der Waals surface area contributed by atoms with Gasteiger partial charge in [0.25, 0.3) is 0 Å². The standard InChI is InChI=1S/C14H20O/c1-3-5-10-14(4-2)12-9-7-6-8-11(12)13(14)15/h4,7,9,11-12H,2-3,5-6,8,10H2,1H3/t11-,12+,14-/m0/s1. The van der Waals surface area contributed by atoms with E-state index in [0.29, 0.717) is 17.6 Å². The Morgan fingerprint density at radius 2 is 2.47 bits per heavy atom. The van der Waals surface area contributed by atoms with Crippen LogP contribution < -0.4 is 0 Å². The van der Waals surface area contributed by atoms with Crippen molar-refractivity contribution in [1.82, 2.24) is 0 Å². The number of hydrogen-bond donors (Lipinski definition) is 0. The van der Waals surface area contributed by atoms with E-state index in [9.17, 15) is 4.79 Å². The van der Waals surface area contributed by atoms with Crippen LogP contribution in [0.25, 0.3) is 0 Å². The molecule has 0 bridgehead atoms. The normalized spacial score (nSPS) is 38.3. The maximum absolute atomic E-state index is 12.1. The lowest BCUT2D eigenvalue weighted by Gasteiger charge is -2.52. The number of carbonyl (C=O) groups excluding carboxylic acids is 1. The Bertz CT molecular complexity index is 302. The number of allylic oxidation sites excluding steroid dienone is 3. The van der Waals surface area contributed by atoms with E-state index in [1.807, 2.05) is 6.08 Å². The molecule has 0 aromatic heterocycles. The van der Waals surface area contributed by atoms with Gasteiger partial charge in [-0.3, -0.25) is 4.79 Å². The highest BCUT2D eigenvalue weighted by molar-refractivity contribution is 5.96. The summed E-state index contributed by atoms with van der Waals surface area (Å²) in [4.78, 5) is 12.1. The zero-order chi connectivity index (χ0) is 10.9. The minimum absolute atomic E-state index is 0.197. The van der Waals surface area contributed by atoms with Crippen LogP contribution in [0.5, 0.6) is 0 Å². The van der Waals surface area contributed by atoms with Gasteiger partial charge in [-0.25, -0.2) is 0 Å². The smallest absolute Gasteiger partial charge is 0.147 e. The first-order valence-corrected chi connectivity index (χ1v) is 6.11. The summed E-state index contributed by atoms with van der Waals surface area (Å²) >= 11 is 0. The highest BCUT2D eigenvalue weighted by Crippen LogP contribution is 2.55. The van der Waals surface area contributed by atoms with Gasteiger partial charge in [0.05, 0.1) is 5.41 Å². The average Bonchev–Trinajstić information content (AvgIpc) is 2.30. The molecule has 2 aliphatic rings. The number of Topliss-reactive ketones (excluding diaryl/α,β-unsaturated/α-hetero) is 1. The molecule has 0 amide bonds. The van der Waals surface area contributed by atoms with Gasteiger partial charge in [-0.15, -0.1) is 6.58 Å². The first-order chi connectivity index (χ1) is 7.26. The second kappa shape index (κ2) is 3.96. The zero-order valence-corrected chi connectivity index (χ0v) is 9.54. The van der Waals surface area contributed by atoms with Gasteiger partial charge in [0.2, 0.25) is 0 Å². The van der Waals surface area contributed by atoms with E-state index >= 15 is 0 Å². The molecule has 0 radical (unpaired) electrons. The molecule has 0 unspecified atom stereocenters. The molecule has 0 saturated heterocycles. The third kappa shape index (κ3) is 1.40. The molecule has 0 aromatic rings. The molecule has 0 spiro atoms. The number of carbonyl (C=O) groups is 1. The fourth-order valence-electron chi connectivity index (χ4n) is 3.17. The van der Waals surface area contributed by atoms with Crippen molar-refractivity contribution in [3.63, 3.8) is 0 Å². The van der Waals surface area contributed by atoms with Gasteiger partial charge in [0.15, 0.2) is 0 Å². The van der Waals surface area contributed by atoms with E-state index in [4.69, 9.17) is 0 Å². The number of hydrogen-bond acceptors (Lipinski definition) is 1. The summed E-state index contributed by atoms with van der Waals surface area (Å²) in [5, 5.41) is 0. The predicted octanol–water partition coefficient (Wildman–Crippen LogP) is 3.51. The molecular formula is C14H20O. The quantitative estimate of drug-likeness (QED) is 0.640. The third-order valence-corrected chi connectivity index (χ3v) is 4.12. The Balaban J connectivity index is 2.18. The molecule has 0 N–H and O–H groups in total. The highest BCUT2D eigenvalue weighted by atomic mass is 16.1. The molecular weight excluding hydrogens is 184 g/mol. The molecule has 0 aromatic carbocycles. The van der Waals surface area contributed by atoms with Crippen LogP contribution >= 0.6 is 0 Å². The summed E-state index contributed by atoms with van der Waals surface area (Å²) in [7, 11) is 0. The summed E-state index contributed by atoms with van der Waals surface area (Å²) < 4.78 is 0. The van der Waals surface area contributed by atoms with Gasteiger partial charge in [-0.05, 0) is 19.3 Å². The average molecular weight is 204 g/mol. The van der Waals surface area contributed by atoms with Gasteiger partial charge in [-0.2, -0.15) is 0 Å². The molecule has 0 aliphatic heterocycles. The Morgan fingerprint density at radius 3 is 3.13 bits per heavy atom. The molecule has 1 fully saturated rings. The van der Waals surface area contributed by atoms with Crippen LogP contribution in [0.3, 0.4) is 0 Å². The summed E-state index contributed by atoms with van der Waals surface area (Å²) in [6, 6.07) is 0. The van der Waals surface area contributed by atoms with Crippen LogP contribution in [-0.2, 0) is 4.79 Å². The highest BCUT2D eigenvalue weighted by Gasteiger charge is 2.58. The number of fused-ring (bicyclic) bond motifs is 1. The van der Waals surface area contributed by atoms with Crippen molar-refractivity contribution >= 4 is 5.78 Å². The lowest BCUT2D eigenvalue weighted by Crippen LogP contribution is -2.56. The van der Waals surface area contributed by atoms with Gasteiger partial charge in [-0.1, -0.05) is 38.0 Å². The topological polar surface area (TPSA) is 17.1 Å². The largest absolute Gasteiger partial charge is 0.298 e. The van der Waals surface area contributed by atoms with Gasteiger partial charge in [0.1, 0.15) is 5.78 Å². The monoisotopic (exact) mass is 204 g/mol. The van der Waals surface area contributed by atoms with Crippen molar-refractivity contribution in [1.29, 1.82) is 0 Å². The van der Waals surface area contributed by atoms with Crippen LogP contribution in [0, 0.1) is 17.3 Å². The maximum atomic E-state index is 12.1. The molecule has 15 heavy (non-hydrogen) atoms. The van der Waals surface area contributed by atoms with Gasteiger partial charge < -0.3 is 0 Å². The Morgan fingerprint density at radius 1 is 1.67 bits per heavy atom. The van der Waals surface area contributed by atoms with E-state index in [2.05, 4.69) is 25.7 Å². The zero-order valence-electron chi connectivity index (χ0n) is 9.54. The number of unbranched alkanes of at least 4 members (excludes halogenated alkanes) is 1. The molecule has 2 rings (SSSR count). The second-order valence-corrected chi connectivity index (χ2v) is 4.85. The lowest BCUT2D eigenvalue weighted by atomic mass is 9.49. The van der Waals surface area contributed by atoms with Crippen molar-refractivity contribution in [3.8, 4) is 0 Å². The third-order valence-electron chi connectivity index (χ3n) is 4.12. The first kappa shape index (κ1) is 10.7. The van der Waals surface area contributed by atoms with Crippen molar-refractivity contribution in [2.75, 3.05) is 0 Å². The second-order valence-electron chi connectivity index (χ2n) is 4.85. The minimum atomic E-state index is -0.197.